The van der Waals surface area contributed by atoms with Crippen LogP contribution in [0.1, 0.15) is 57.8 Å². The molecule has 0 aliphatic heterocycles. The number of carboxylic acid groups (broad SMARTS) is 1. The van der Waals surface area contributed by atoms with Crippen LogP contribution in [0.2, 0.25) is 0 Å². The molecule has 2 aromatic heterocycles. The minimum atomic E-state index is -0.976. The second kappa shape index (κ2) is 10.7. The molecule has 2 aromatic carbocycles. The Hall–Kier alpha value is -4.13. The number of ketones is 1. The monoisotopic (exact) mass is 454 g/mol. The first-order valence-electron chi connectivity index (χ1n) is 11.3. The van der Waals surface area contributed by atoms with Crippen molar-refractivity contribution in [3.05, 3.63) is 101 Å². The molecule has 172 valence electrons. The van der Waals surface area contributed by atoms with Gasteiger partial charge >= 0.3 is 5.97 Å². The second-order valence-electron chi connectivity index (χ2n) is 8.09. The first-order chi connectivity index (χ1) is 16.5. The molecule has 0 spiro atoms. The molecule has 2 heterocycles. The first-order valence-corrected chi connectivity index (χ1v) is 11.3. The van der Waals surface area contributed by atoms with Gasteiger partial charge in [0, 0.05) is 24.6 Å². The SMILES string of the molecule is CCCCc1nc(C(=O)Cc2ccccc2)nn1Cc1ccc(-c2ccccc2C(=O)O)cn1. The molecular formula is C27H26N4O3. The van der Waals surface area contributed by atoms with Gasteiger partial charge in [-0.1, -0.05) is 67.9 Å². The zero-order valence-electron chi connectivity index (χ0n) is 19.0. The number of rotatable bonds is 10. The molecule has 0 amide bonds. The number of pyridine rings is 1. The highest BCUT2D eigenvalue weighted by Crippen LogP contribution is 2.23. The van der Waals surface area contributed by atoms with Gasteiger partial charge in [0.15, 0.2) is 0 Å². The summed E-state index contributed by atoms with van der Waals surface area (Å²) in [7, 11) is 0. The van der Waals surface area contributed by atoms with Gasteiger partial charge in [-0.2, -0.15) is 0 Å². The number of carbonyl (C=O) groups is 2. The number of carbonyl (C=O) groups excluding carboxylic acids is 1. The topological polar surface area (TPSA) is 98.0 Å². The van der Waals surface area contributed by atoms with Gasteiger partial charge in [0.05, 0.1) is 17.8 Å². The highest BCUT2D eigenvalue weighted by atomic mass is 16.4. The average Bonchev–Trinajstić information content (AvgIpc) is 3.26. The number of carboxylic acids is 1. The number of unbranched alkanes of at least 4 members (excludes halogenated alkanes) is 1. The van der Waals surface area contributed by atoms with Crippen LogP contribution in [0.4, 0.5) is 0 Å². The van der Waals surface area contributed by atoms with E-state index in [2.05, 4.69) is 22.0 Å². The zero-order valence-corrected chi connectivity index (χ0v) is 19.0. The van der Waals surface area contributed by atoms with Gasteiger partial charge in [0.2, 0.25) is 11.6 Å². The number of hydrogen-bond acceptors (Lipinski definition) is 5. The standard InChI is InChI=1S/C27H26N4O3/c1-2-3-13-25-29-26(24(32)16-19-9-5-4-6-10-19)30-31(25)18-21-15-14-20(17-28-21)22-11-7-8-12-23(22)27(33)34/h4-12,14-15,17H,2-3,13,16,18H2,1H3,(H,33,34). The van der Waals surface area contributed by atoms with E-state index in [0.29, 0.717) is 12.1 Å². The molecule has 1 N–H and O–H groups in total. The summed E-state index contributed by atoms with van der Waals surface area (Å²) < 4.78 is 1.75. The van der Waals surface area contributed by atoms with Crippen molar-refractivity contribution in [2.75, 3.05) is 0 Å². The molecule has 0 atom stereocenters. The third-order valence-electron chi connectivity index (χ3n) is 5.56. The number of nitrogens with zero attached hydrogens (tertiary/aromatic N) is 4. The lowest BCUT2D eigenvalue weighted by molar-refractivity contribution is 0.0697. The minimum absolute atomic E-state index is 0.115. The Morgan fingerprint density at radius 2 is 1.74 bits per heavy atom. The van der Waals surface area contributed by atoms with Crippen molar-refractivity contribution in [1.29, 1.82) is 0 Å². The van der Waals surface area contributed by atoms with Gasteiger partial charge in [-0.15, -0.1) is 5.10 Å². The van der Waals surface area contributed by atoms with Crippen molar-refractivity contribution in [3.8, 4) is 11.1 Å². The van der Waals surface area contributed by atoms with Crippen LogP contribution in [0, 0.1) is 0 Å². The molecule has 0 saturated heterocycles. The van der Waals surface area contributed by atoms with Gasteiger partial charge in [-0.3, -0.25) is 9.78 Å². The first kappa shape index (κ1) is 23.0. The van der Waals surface area contributed by atoms with Gasteiger partial charge < -0.3 is 5.11 Å². The smallest absolute Gasteiger partial charge is 0.336 e. The molecule has 4 rings (SSSR count). The van der Waals surface area contributed by atoms with Crippen molar-refractivity contribution in [2.45, 2.75) is 39.2 Å². The van der Waals surface area contributed by atoms with Crippen LogP contribution in [0.15, 0.2) is 72.9 Å². The van der Waals surface area contributed by atoms with Crippen LogP contribution in [0.3, 0.4) is 0 Å². The lowest BCUT2D eigenvalue weighted by Crippen LogP contribution is -2.10. The number of aromatic nitrogens is 4. The molecule has 34 heavy (non-hydrogen) atoms. The molecule has 7 heteroatoms. The predicted molar refractivity (Wildman–Crippen MR) is 129 cm³/mol. The third kappa shape index (κ3) is 5.43. The van der Waals surface area contributed by atoms with E-state index in [4.69, 9.17) is 0 Å². The summed E-state index contributed by atoms with van der Waals surface area (Å²) in [5.74, 6) is -0.103. The van der Waals surface area contributed by atoms with E-state index in [0.717, 1.165) is 41.9 Å². The summed E-state index contributed by atoms with van der Waals surface area (Å²) in [6, 6.07) is 20.1. The van der Waals surface area contributed by atoms with Crippen molar-refractivity contribution in [3.63, 3.8) is 0 Å². The van der Waals surface area contributed by atoms with Crippen LogP contribution in [-0.4, -0.2) is 36.6 Å². The van der Waals surface area contributed by atoms with Crippen LogP contribution >= 0.6 is 0 Å². The van der Waals surface area contributed by atoms with E-state index in [1.54, 1.807) is 35.1 Å². The molecule has 0 bridgehead atoms. The lowest BCUT2D eigenvalue weighted by Gasteiger charge is -2.08. The summed E-state index contributed by atoms with van der Waals surface area (Å²) in [4.78, 5) is 33.4. The van der Waals surface area contributed by atoms with E-state index < -0.39 is 5.97 Å². The van der Waals surface area contributed by atoms with Crippen LogP contribution in [0.25, 0.3) is 11.1 Å². The van der Waals surface area contributed by atoms with E-state index >= 15 is 0 Å². The van der Waals surface area contributed by atoms with Crippen LogP contribution < -0.4 is 0 Å². The maximum absolute atomic E-state index is 12.8. The van der Waals surface area contributed by atoms with Crippen molar-refractivity contribution < 1.29 is 14.7 Å². The minimum Gasteiger partial charge on any atom is -0.478 e. The molecule has 0 unspecified atom stereocenters. The summed E-state index contributed by atoms with van der Waals surface area (Å²) in [5.41, 5.74) is 3.26. The lowest BCUT2D eigenvalue weighted by atomic mass is 10.0. The Labute approximate surface area is 198 Å². The number of benzene rings is 2. The van der Waals surface area contributed by atoms with E-state index in [1.165, 1.54) is 0 Å². The number of aromatic carboxylic acids is 1. The highest BCUT2D eigenvalue weighted by molar-refractivity contribution is 5.96. The second-order valence-corrected chi connectivity index (χ2v) is 8.09. The van der Waals surface area contributed by atoms with Crippen molar-refractivity contribution in [2.24, 2.45) is 0 Å². The summed E-state index contributed by atoms with van der Waals surface area (Å²) >= 11 is 0. The summed E-state index contributed by atoms with van der Waals surface area (Å²) in [6.45, 7) is 2.49. The Balaban J connectivity index is 1.55. The van der Waals surface area contributed by atoms with E-state index in [1.807, 2.05) is 42.5 Å². The maximum atomic E-state index is 12.8. The molecule has 0 radical (unpaired) electrons. The molecule has 7 nitrogen and oxygen atoms in total. The molecular weight excluding hydrogens is 428 g/mol. The fourth-order valence-corrected chi connectivity index (χ4v) is 3.75. The van der Waals surface area contributed by atoms with Crippen LogP contribution in [-0.2, 0) is 19.4 Å². The molecule has 0 aliphatic rings. The Morgan fingerprint density at radius 3 is 2.44 bits per heavy atom. The quantitative estimate of drug-likeness (QED) is 0.344. The van der Waals surface area contributed by atoms with Gasteiger partial charge in [-0.25, -0.2) is 14.5 Å². The maximum Gasteiger partial charge on any atom is 0.336 e. The van der Waals surface area contributed by atoms with E-state index in [-0.39, 0.29) is 23.6 Å². The Morgan fingerprint density at radius 1 is 0.971 bits per heavy atom. The van der Waals surface area contributed by atoms with E-state index in [9.17, 15) is 14.7 Å². The zero-order chi connectivity index (χ0) is 23.9. The summed E-state index contributed by atoms with van der Waals surface area (Å²) in [6.07, 6.45) is 4.61. The van der Waals surface area contributed by atoms with Gasteiger partial charge in [-0.05, 0) is 29.7 Å². The Kier molecular flexibility index (Phi) is 7.22. The van der Waals surface area contributed by atoms with Gasteiger partial charge in [0.25, 0.3) is 0 Å². The fraction of sp³-hybridized carbons (Fsp3) is 0.222. The third-order valence-corrected chi connectivity index (χ3v) is 5.56. The largest absolute Gasteiger partial charge is 0.478 e. The molecule has 4 aromatic rings. The average molecular weight is 455 g/mol. The molecule has 0 aliphatic carbocycles. The number of Topliss-reactive ketones (excluding diaryl/α,β-unsaturated/α-hetero) is 1. The Bertz CT molecular complexity index is 1280. The molecule has 0 fully saturated rings. The number of hydrogen-bond donors (Lipinski definition) is 1. The van der Waals surface area contributed by atoms with Gasteiger partial charge in [0.1, 0.15) is 5.82 Å². The highest BCUT2D eigenvalue weighted by Gasteiger charge is 2.17. The normalized spacial score (nSPS) is 10.9. The predicted octanol–water partition coefficient (Wildman–Crippen LogP) is 4.85. The summed E-state index contributed by atoms with van der Waals surface area (Å²) in [5, 5.41) is 14.0. The fourth-order valence-electron chi connectivity index (χ4n) is 3.75. The molecule has 0 saturated carbocycles. The van der Waals surface area contributed by atoms with Crippen molar-refractivity contribution >= 4 is 11.8 Å². The van der Waals surface area contributed by atoms with Crippen LogP contribution in [0.5, 0.6) is 0 Å². The number of aryl methyl sites for hydroxylation is 1. The van der Waals surface area contributed by atoms with Crippen molar-refractivity contribution in [1.82, 2.24) is 19.7 Å².